The Labute approximate surface area is 356 Å². The van der Waals surface area contributed by atoms with Crippen molar-refractivity contribution in [2.75, 3.05) is 52.9 Å². The van der Waals surface area contributed by atoms with Gasteiger partial charge in [-0.3, -0.25) is 9.59 Å². The van der Waals surface area contributed by atoms with Gasteiger partial charge < -0.3 is 64.9 Å². The molecule has 60 heavy (non-hydrogen) atoms. The first-order chi connectivity index (χ1) is 27.9. The Hall–Kier alpha value is -1.34. The number of carbonyl (C=O) groups is 2. The molecular formula is C45H78O15. The second kappa shape index (κ2) is 19.0. The van der Waals surface area contributed by atoms with Gasteiger partial charge in [-0.05, 0) is 110 Å². The summed E-state index contributed by atoms with van der Waals surface area (Å²) >= 11 is 0. The zero-order valence-electron chi connectivity index (χ0n) is 37.1. The second-order valence-corrected chi connectivity index (χ2v) is 21.5. The standard InChI is InChI=1S/C45H78O15/c1-40(2)34-8-11-45(7)38(43(34,5)10-9-35(40)53)31(50)16-29-30-17-42(4,13-12-41(30,3)14-15-44(29,45)6)39(56)60-25-33(52)37(55)36(54)32(51)24-59-23-28(49)22-58-21-27(48)20-57-19-26(47)18-46/h26-30,32-38,46-49,51-55H,8-25H2,1-7H3. The summed E-state index contributed by atoms with van der Waals surface area (Å²) in [7, 11) is 0. The van der Waals surface area contributed by atoms with Gasteiger partial charge in [0.2, 0.25) is 0 Å². The lowest BCUT2D eigenvalue weighted by Gasteiger charge is -2.72. The van der Waals surface area contributed by atoms with E-state index in [1.807, 2.05) is 6.92 Å². The summed E-state index contributed by atoms with van der Waals surface area (Å²) < 4.78 is 21.1. The molecule has 348 valence electrons. The normalized spacial score (nSPS) is 41.0. The summed E-state index contributed by atoms with van der Waals surface area (Å²) in [4.78, 5) is 28.6. The molecule has 0 radical (unpaired) electrons. The molecule has 5 saturated carbocycles. The second-order valence-electron chi connectivity index (χ2n) is 21.5. The van der Waals surface area contributed by atoms with Crippen LogP contribution >= 0.6 is 0 Å². The highest BCUT2D eigenvalue weighted by molar-refractivity contribution is 5.85. The minimum atomic E-state index is -1.88. The van der Waals surface area contributed by atoms with E-state index in [2.05, 4.69) is 41.5 Å². The van der Waals surface area contributed by atoms with Crippen LogP contribution in [-0.4, -0.2) is 159 Å². The summed E-state index contributed by atoms with van der Waals surface area (Å²) in [5.74, 6) is 0.191. The molecule has 0 bridgehead atoms. The number of hydrogen-bond acceptors (Lipinski definition) is 15. The summed E-state index contributed by atoms with van der Waals surface area (Å²) in [6.07, 6.45) is -2.87. The van der Waals surface area contributed by atoms with Crippen LogP contribution in [0.2, 0.25) is 0 Å². The average molecular weight is 859 g/mol. The maximum Gasteiger partial charge on any atom is 0.311 e. The van der Waals surface area contributed by atoms with Crippen molar-refractivity contribution in [3.8, 4) is 0 Å². The van der Waals surface area contributed by atoms with Crippen molar-refractivity contribution >= 4 is 11.8 Å². The molecule has 5 rings (SSSR count). The lowest BCUT2D eigenvalue weighted by atomic mass is 9.31. The molecule has 0 aromatic rings. The molecule has 0 aromatic heterocycles. The third-order valence-corrected chi connectivity index (χ3v) is 17.2. The number of fused-ring (bicyclic) bond motifs is 7. The molecule has 17 atom stereocenters. The van der Waals surface area contributed by atoms with E-state index < -0.39 is 73.9 Å². The molecular weight excluding hydrogens is 780 g/mol. The van der Waals surface area contributed by atoms with Crippen LogP contribution < -0.4 is 0 Å². The van der Waals surface area contributed by atoms with Gasteiger partial charge in [0, 0.05) is 12.3 Å². The lowest BCUT2D eigenvalue weighted by Crippen LogP contribution is -2.69. The third-order valence-electron chi connectivity index (χ3n) is 17.2. The Morgan fingerprint density at radius 1 is 0.650 bits per heavy atom. The molecule has 5 aliphatic rings. The van der Waals surface area contributed by atoms with E-state index in [0.717, 1.165) is 38.5 Å². The molecule has 15 heteroatoms. The van der Waals surface area contributed by atoms with Gasteiger partial charge in [0.25, 0.3) is 0 Å². The number of ketones is 1. The Bertz CT molecular complexity index is 1460. The fraction of sp³-hybridized carbons (Fsp3) is 0.956. The van der Waals surface area contributed by atoms with Crippen molar-refractivity contribution in [2.24, 2.45) is 56.2 Å². The van der Waals surface area contributed by atoms with Gasteiger partial charge in [-0.2, -0.15) is 0 Å². The van der Waals surface area contributed by atoms with Gasteiger partial charge in [0.05, 0.1) is 57.8 Å². The van der Waals surface area contributed by atoms with E-state index >= 15 is 0 Å². The summed E-state index contributed by atoms with van der Waals surface area (Å²) in [6.45, 7) is 13.0. The molecule has 0 aromatic carbocycles. The topological polar surface area (TPSA) is 253 Å². The molecule has 0 saturated heterocycles. The van der Waals surface area contributed by atoms with E-state index in [0.29, 0.717) is 31.5 Å². The van der Waals surface area contributed by atoms with Gasteiger partial charge in [-0.1, -0.05) is 41.5 Å². The fourth-order valence-corrected chi connectivity index (χ4v) is 13.2. The number of ether oxygens (including phenoxy) is 4. The summed E-state index contributed by atoms with van der Waals surface area (Å²) in [5, 5.41) is 91.4. The number of hydrogen-bond donors (Lipinski definition) is 9. The maximum absolute atomic E-state index is 14.7. The first-order valence-electron chi connectivity index (χ1n) is 22.4. The smallest absolute Gasteiger partial charge is 0.311 e. The molecule has 0 spiro atoms. The van der Waals surface area contributed by atoms with Crippen molar-refractivity contribution in [2.45, 2.75) is 162 Å². The van der Waals surface area contributed by atoms with E-state index in [1.165, 1.54) is 0 Å². The van der Waals surface area contributed by atoms with Crippen molar-refractivity contribution in [1.29, 1.82) is 0 Å². The molecule has 17 unspecified atom stereocenters. The zero-order chi connectivity index (χ0) is 44.6. The molecule has 9 N–H and O–H groups in total. The molecule has 0 heterocycles. The highest BCUT2D eigenvalue weighted by Gasteiger charge is 2.72. The van der Waals surface area contributed by atoms with Crippen molar-refractivity contribution in [1.82, 2.24) is 0 Å². The molecule has 5 fully saturated rings. The molecule has 0 amide bonds. The first kappa shape index (κ1) is 49.7. The molecule has 15 nitrogen and oxygen atoms in total. The van der Waals surface area contributed by atoms with Crippen LogP contribution in [0, 0.1) is 56.2 Å². The zero-order valence-corrected chi connectivity index (χ0v) is 37.1. The SMILES string of the molecule is CC1(C(=O)OCC(O)C(O)C(O)C(O)COCC(O)COCC(O)COCC(O)CO)CCC2(C)CCC3(C)C(CC(=O)C4C5(C)CCC(O)C(C)(C)C5CCC43C)C2C1. The van der Waals surface area contributed by atoms with Crippen molar-refractivity contribution < 1.29 is 74.5 Å². The number of aliphatic hydroxyl groups excluding tert-OH is 9. The largest absolute Gasteiger partial charge is 0.462 e. The monoisotopic (exact) mass is 859 g/mol. The van der Waals surface area contributed by atoms with Gasteiger partial charge in [0.1, 0.15) is 55.1 Å². The highest BCUT2D eigenvalue weighted by atomic mass is 16.5. The van der Waals surface area contributed by atoms with Crippen LogP contribution in [0.25, 0.3) is 0 Å². The third kappa shape index (κ3) is 9.54. The minimum absolute atomic E-state index is 0.0440. The number of Topliss-reactive ketones (excluding diaryl/α,β-unsaturated/α-hetero) is 1. The van der Waals surface area contributed by atoms with Crippen molar-refractivity contribution in [3.05, 3.63) is 0 Å². The van der Waals surface area contributed by atoms with Crippen LogP contribution in [-0.2, 0) is 28.5 Å². The van der Waals surface area contributed by atoms with E-state index in [4.69, 9.17) is 24.1 Å². The highest BCUT2D eigenvalue weighted by Crippen LogP contribution is 2.76. The Morgan fingerprint density at radius 3 is 1.77 bits per heavy atom. The van der Waals surface area contributed by atoms with Crippen LogP contribution in [0.15, 0.2) is 0 Å². The van der Waals surface area contributed by atoms with Crippen LogP contribution in [0.4, 0.5) is 0 Å². The summed E-state index contributed by atoms with van der Waals surface area (Å²) in [6, 6.07) is 0. The number of carbonyl (C=O) groups excluding carboxylic acids is 2. The average Bonchev–Trinajstić information content (AvgIpc) is 3.19. The quantitative estimate of drug-likeness (QED) is 0.0836. The Morgan fingerprint density at radius 2 is 1.18 bits per heavy atom. The Kier molecular flexibility index (Phi) is 15.7. The van der Waals surface area contributed by atoms with E-state index in [-0.39, 0.29) is 89.9 Å². The predicted octanol–water partition coefficient (Wildman–Crippen LogP) is 1.52. The van der Waals surface area contributed by atoms with E-state index in [1.54, 1.807) is 0 Å². The lowest BCUT2D eigenvalue weighted by molar-refractivity contribution is -0.243. The number of rotatable bonds is 19. The predicted molar refractivity (Wildman–Crippen MR) is 218 cm³/mol. The van der Waals surface area contributed by atoms with Gasteiger partial charge in [-0.15, -0.1) is 0 Å². The molecule has 5 aliphatic carbocycles. The summed E-state index contributed by atoms with van der Waals surface area (Å²) in [5.41, 5.74) is -1.73. The van der Waals surface area contributed by atoms with Crippen molar-refractivity contribution in [3.63, 3.8) is 0 Å². The first-order valence-corrected chi connectivity index (χ1v) is 22.4. The van der Waals surface area contributed by atoms with E-state index in [9.17, 15) is 50.4 Å². The molecule has 0 aliphatic heterocycles. The van der Waals surface area contributed by atoms with Gasteiger partial charge in [0.15, 0.2) is 0 Å². The van der Waals surface area contributed by atoms with Crippen LogP contribution in [0.3, 0.4) is 0 Å². The Balaban J connectivity index is 1.12. The fourth-order valence-electron chi connectivity index (χ4n) is 13.2. The van der Waals surface area contributed by atoms with Crippen LogP contribution in [0.1, 0.15) is 113 Å². The number of esters is 1. The minimum Gasteiger partial charge on any atom is -0.462 e. The number of aliphatic hydroxyl groups is 9. The maximum atomic E-state index is 14.7. The van der Waals surface area contributed by atoms with Gasteiger partial charge >= 0.3 is 5.97 Å². The van der Waals surface area contributed by atoms with Crippen LogP contribution in [0.5, 0.6) is 0 Å². The van der Waals surface area contributed by atoms with Gasteiger partial charge in [-0.25, -0.2) is 0 Å².